The molecule has 0 radical (unpaired) electrons. The van der Waals surface area contributed by atoms with Gasteiger partial charge in [-0.25, -0.2) is 4.98 Å². The maximum atomic E-state index is 8.73. The highest BCUT2D eigenvalue weighted by Crippen LogP contribution is 2.23. The Bertz CT molecular complexity index is 549. The second kappa shape index (κ2) is 4.77. The van der Waals surface area contributed by atoms with Gasteiger partial charge in [0.15, 0.2) is 0 Å². The van der Waals surface area contributed by atoms with Gasteiger partial charge in [-0.05, 0) is 24.3 Å². The van der Waals surface area contributed by atoms with Crippen molar-refractivity contribution in [3.63, 3.8) is 0 Å². The molecule has 0 N–H and O–H groups in total. The molecule has 0 aliphatic carbocycles. The van der Waals surface area contributed by atoms with Crippen molar-refractivity contribution in [3.05, 3.63) is 52.6 Å². The second-order valence-electron chi connectivity index (χ2n) is 3.05. The Balaban J connectivity index is 2.24. The van der Waals surface area contributed by atoms with Crippen LogP contribution in [0.1, 0.15) is 5.56 Å². The van der Waals surface area contributed by atoms with Crippen molar-refractivity contribution in [2.45, 2.75) is 0 Å². The van der Waals surface area contributed by atoms with E-state index in [4.69, 9.17) is 10.00 Å². The van der Waals surface area contributed by atoms with E-state index in [0.717, 1.165) is 4.47 Å². The van der Waals surface area contributed by atoms with Crippen molar-refractivity contribution in [3.8, 4) is 17.7 Å². The van der Waals surface area contributed by atoms with Gasteiger partial charge in [-0.3, -0.25) is 0 Å². The van der Waals surface area contributed by atoms with Gasteiger partial charge in [-0.2, -0.15) is 5.26 Å². The standard InChI is InChI=1S/C12H7BrN2O/c13-10-2-1-3-11(7-10)16-12-6-9(8-14)4-5-15-12/h1-7H. The minimum atomic E-state index is 0.414. The normalized spacial score (nSPS) is 9.50. The first-order chi connectivity index (χ1) is 7.78. The summed E-state index contributed by atoms with van der Waals surface area (Å²) in [6, 6.07) is 12.7. The summed E-state index contributed by atoms with van der Waals surface area (Å²) in [5.41, 5.74) is 0.528. The van der Waals surface area contributed by atoms with E-state index in [9.17, 15) is 0 Å². The zero-order valence-electron chi connectivity index (χ0n) is 8.22. The van der Waals surface area contributed by atoms with E-state index in [1.807, 2.05) is 30.3 Å². The summed E-state index contributed by atoms with van der Waals surface area (Å²) < 4.78 is 6.44. The third-order valence-electron chi connectivity index (χ3n) is 1.88. The summed E-state index contributed by atoms with van der Waals surface area (Å²) in [7, 11) is 0. The maximum absolute atomic E-state index is 8.73. The van der Waals surface area contributed by atoms with Gasteiger partial charge in [0.25, 0.3) is 0 Å². The Labute approximate surface area is 101 Å². The molecule has 0 aliphatic heterocycles. The zero-order chi connectivity index (χ0) is 11.4. The Morgan fingerprint density at radius 3 is 2.88 bits per heavy atom. The molecule has 1 aromatic carbocycles. The van der Waals surface area contributed by atoms with Crippen molar-refractivity contribution in [1.29, 1.82) is 5.26 Å². The number of benzene rings is 1. The third-order valence-corrected chi connectivity index (χ3v) is 2.38. The molecule has 0 aliphatic rings. The lowest BCUT2D eigenvalue weighted by molar-refractivity contribution is 0.462. The van der Waals surface area contributed by atoms with Gasteiger partial charge in [0.1, 0.15) is 5.75 Å². The minimum Gasteiger partial charge on any atom is -0.439 e. The first-order valence-electron chi connectivity index (χ1n) is 4.57. The highest BCUT2D eigenvalue weighted by Gasteiger charge is 2.00. The van der Waals surface area contributed by atoms with Gasteiger partial charge in [-0.15, -0.1) is 0 Å². The molecule has 2 rings (SSSR count). The molecule has 2 aromatic rings. The number of ether oxygens (including phenoxy) is 1. The summed E-state index contributed by atoms with van der Waals surface area (Å²) in [5.74, 6) is 1.09. The maximum Gasteiger partial charge on any atom is 0.220 e. The molecule has 0 amide bonds. The minimum absolute atomic E-state index is 0.414. The molecule has 4 heteroatoms. The molecule has 0 atom stereocenters. The average Bonchev–Trinajstić information content (AvgIpc) is 2.29. The van der Waals surface area contributed by atoms with Crippen LogP contribution in [0.5, 0.6) is 11.6 Å². The van der Waals surface area contributed by atoms with E-state index in [-0.39, 0.29) is 0 Å². The van der Waals surface area contributed by atoms with E-state index < -0.39 is 0 Å². The Morgan fingerprint density at radius 1 is 1.25 bits per heavy atom. The lowest BCUT2D eigenvalue weighted by Crippen LogP contribution is -1.88. The monoisotopic (exact) mass is 274 g/mol. The first-order valence-corrected chi connectivity index (χ1v) is 5.37. The van der Waals surface area contributed by atoms with Crippen molar-refractivity contribution < 1.29 is 4.74 Å². The number of aromatic nitrogens is 1. The van der Waals surface area contributed by atoms with Gasteiger partial charge < -0.3 is 4.74 Å². The quantitative estimate of drug-likeness (QED) is 0.842. The number of halogens is 1. The van der Waals surface area contributed by atoms with Crippen LogP contribution in [-0.2, 0) is 0 Å². The van der Waals surface area contributed by atoms with Crippen LogP contribution in [0.4, 0.5) is 0 Å². The number of nitrogens with zero attached hydrogens (tertiary/aromatic N) is 2. The highest BCUT2D eigenvalue weighted by molar-refractivity contribution is 9.10. The van der Waals surface area contributed by atoms with Crippen molar-refractivity contribution >= 4 is 15.9 Å². The van der Waals surface area contributed by atoms with Crippen LogP contribution in [0.2, 0.25) is 0 Å². The molecule has 0 spiro atoms. The van der Waals surface area contributed by atoms with E-state index >= 15 is 0 Å². The molecule has 0 unspecified atom stereocenters. The Hall–Kier alpha value is -1.86. The van der Waals surface area contributed by atoms with Gasteiger partial charge in [0, 0.05) is 16.7 Å². The molecular weight excluding hydrogens is 268 g/mol. The Morgan fingerprint density at radius 2 is 2.12 bits per heavy atom. The van der Waals surface area contributed by atoms with Crippen LogP contribution in [-0.4, -0.2) is 4.98 Å². The van der Waals surface area contributed by atoms with Crippen molar-refractivity contribution in [2.24, 2.45) is 0 Å². The summed E-state index contributed by atoms with van der Waals surface area (Å²) in [5, 5.41) is 8.73. The number of hydrogen-bond acceptors (Lipinski definition) is 3. The van der Waals surface area contributed by atoms with E-state index in [1.165, 1.54) is 0 Å². The summed E-state index contributed by atoms with van der Waals surface area (Å²) in [6.45, 7) is 0. The van der Waals surface area contributed by atoms with E-state index in [1.54, 1.807) is 18.3 Å². The smallest absolute Gasteiger partial charge is 0.220 e. The first kappa shape index (κ1) is 10.7. The Kier molecular flexibility index (Phi) is 3.18. The summed E-state index contributed by atoms with van der Waals surface area (Å²) >= 11 is 3.35. The van der Waals surface area contributed by atoms with Crippen LogP contribution in [0, 0.1) is 11.3 Å². The molecule has 16 heavy (non-hydrogen) atoms. The van der Waals surface area contributed by atoms with E-state index in [0.29, 0.717) is 17.2 Å². The predicted molar refractivity (Wildman–Crippen MR) is 63.2 cm³/mol. The zero-order valence-corrected chi connectivity index (χ0v) is 9.81. The number of pyridine rings is 1. The highest BCUT2D eigenvalue weighted by atomic mass is 79.9. The fourth-order valence-electron chi connectivity index (χ4n) is 1.19. The second-order valence-corrected chi connectivity index (χ2v) is 3.97. The largest absolute Gasteiger partial charge is 0.439 e. The molecule has 3 nitrogen and oxygen atoms in total. The van der Waals surface area contributed by atoms with Gasteiger partial charge in [0.2, 0.25) is 5.88 Å². The van der Waals surface area contributed by atoms with Gasteiger partial charge >= 0.3 is 0 Å². The molecule has 1 heterocycles. The molecule has 0 bridgehead atoms. The lowest BCUT2D eigenvalue weighted by atomic mass is 10.3. The molecule has 0 fully saturated rings. The molecule has 0 saturated carbocycles. The van der Waals surface area contributed by atoms with Crippen LogP contribution >= 0.6 is 15.9 Å². The van der Waals surface area contributed by atoms with Gasteiger partial charge in [0.05, 0.1) is 11.6 Å². The number of nitriles is 1. The topological polar surface area (TPSA) is 45.9 Å². The molecule has 0 saturated heterocycles. The van der Waals surface area contributed by atoms with Gasteiger partial charge in [-0.1, -0.05) is 22.0 Å². The van der Waals surface area contributed by atoms with Crippen LogP contribution < -0.4 is 4.74 Å². The van der Waals surface area contributed by atoms with Crippen LogP contribution in [0.25, 0.3) is 0 Å². The molecule has 78 valence electrons. The third kappa shape index (κ3) is 2.59. The SMILES string of the molecule is N#Cc1ccnc(Oc2cccc(Br)c2)c1. The van der Waals surface area contributed by atoms with Crippen molar-refractivity contribution in [1.82, 2.24) is 4.98 Å². The fourth-order valence-corrected chi connectivity index (χ4v) is 1.56. The van der Waals surface area contributed by atoms with E-state index in [2.05, 4.69) is 20.9 Å². The lowest BCUT2D eigenvalue weighted by Gasteiger charge is -2.04. The van der Waals surface area contributed by atoms with Crippen LogP contribution in [0.15, 0.2) is 47.1 Å². The summed E-state index contributed by atoms with van der Waals surface area (Å²) in [6.07, 6.45) is 1.55. The fraction of sp³-hybridized carbons (Fsp3) is 0. The summed E-state index contributed by atoms with van der Waals surface area (Å²) in [4.78, 5) is 4.02. The molecule has 1 aromatic heterocycles. The average molecular weight is 275 g/mol. The number of hydrogen-bond donors (Lipinski definition) is 0. The van der Waals surface area contributed by atoms with Crippen LogP contribution in [0.3, 0.4) is 0 Å². The molecular formula is C12H7BrN2O. The predicted octanol–water partition coefficient (Wildman–Crippen LogP) is 3.51. The number of rotatable bonds is 2. The van der Waals surface area contributed by atoms with Crippen molar-refractivity contribution in [2.75, 3.05) is 0 Å².